The fourth-order valence-corrected chi connectivity index (χ4v) is 2.17. The lowest BCUT2D eigenvalue weighted by Gasteiger charge is -2.10. The third kappa shape index (κ3) is 2.81. The quantitative estimate of drug-likeness (QED) is 0.742. The Morgan fingerprint density at radius 2 is 2.05 bits per heavy atom. The van der Waals surface area contributed by atoms with Gasteiger partial charge in [-0.25, -0.2) is 8.78 Å². The maximum atomic E-state index is 13.4. The van der Waals surface area contributed by atoms with Gasteiger partial charge < -0.3 is 4.74 Å². The molecule has 4 nitrogen and oxygen atoms in total. The number of hydrogen-bond acceptors (Lipinski definition) is 3. The smallest absolute Gasteiger partial charge is 0.159 e. The fourth-order valence-electron chi connectivity index (χ4n) is 2.17. The molecule has 0 aliphatic carbocycles. The number of rotatable bonds is 4. The zero-order valence-corrected chi connectivity index (χ0v) is 11.8. The Balaban J connectivity index is 1.96. The number of pyridine rings is 1. The highest BCUT2D eigenvalue weighted by Crippen LogP contribution is 2.29. The molecule has 0 radical (unpaired) electrons. The molecule has 6 heteroatoms. The molecule has 0 saturated carbocycles. The zero-order chi connectivity index (χ0) is 15.5. The Kier molecular flexibility index (Phi) is 3.82. The molecule has 3 aromatic rings. The molecular weight excluding hydrogens is 288 g/mol. The van der Waals surface area contributed by atoms with Crippen LogP contribution in [0.1, 0.15) is 5.56 Å². The fraction of sp³-hybridized carbons (Fsp3) is 0.125. The van der Waals surface area contributed by atoms with E-state index >= 15 is 0 Å². The third-order valence-corrected chi connectivity index (χ3v) is 3.23. The first kappa shape index (κ1) is 14.2. The minimum atomic E-state index is -0.915. The van der Waals surface area contributed by atoms with Crippen molar-refractivity contribution in [1.82, 2.24) is 14.8 Å². The maximum Gasteiger partial charge on any atom is 0.159 e. The second-order valence-electron chi connectivity index (χ2n) is 4.73. The second-order valence-corrected chi connectivity index (χ2v) is 4.73. The molecule has 0 aliphatic heterocycles. The molecule has 0 amide bonds. The van der Waals surface area contributed by atoms with Crippen LogP contribution in [0.15, 0.2) is 48.9 Å². The average molecular weight is 301 g/mol. The van der Waals surface area contributed by atoms with Gasteiger partial charge in [-0.2, -0.15) is 5.10 Å². The molecule has 1 aromatic carbocycles. The van der Waals surface area contributed by atoms with Crippen molar-refractivity contribution in [2.45, 2.75) is 6.54 Å². The summed E-state index contributed by atoms with van der Waals surface area (Å²) in [6.45, 7) is 0.550. The molecule has 2 aromatic heterocycles. The van der Waals surface area contributed by atoms with Gasteiger partial charge in [0, 0.05) is 24.2 Å². The normalized spacial score (nSPS) is 10.7. The monoisotopic (exact) mass is 301 g/mol. The van der Waals surface area contributed by atoms with Gasteiger partial charge in [0.2, 0.25) is 0 Å². The van der Waals surface area contributed by atoms with Crippen LogP contribution in [0, 0.1) is 11.6 Å². The van der Waals surface area contributed by atoms with E-state index in [1.54, 1.807) is 17.1 Å². The first-order chi connectivity index (χ1) is 10.7. The van der Waals surface area contributed by atoms with E-state index in [2.05, 4.69) is 10.1 Å². The van der Waals surface area contributed by atoms with Crippen LogP contribution in [0.5, 0.6) is 5.75 Å². The lowest BCUT2D eigenvalue weighted by atomic mass is 10.1. The van der Waals surface area contributed by atoms with E-state index in [9.17, 15) is 8.78 Å². The van der Waals surface area contributed by atoms with Gasteiger partial charge in [-0.1, -0.05) is 0 Å². The number of benzene rings is 1. The minimum absolute atomic E-state index is 0.460. The molecule has 0 atom stereocenters. The maximum absolute atomic E-state index is 13.4. The molecule has 0 saturated heterocycles. The predicted octanol–water partition coefficient (Wildman–Crippen LogP) is 3.28. The molecule has 2 heterocycles. The molecule has 0 bridgehead atoms. The molecule has 112 valence electrons. The summed E-state index contributed by atoms with van der Waals surface area (Å²) < 4.78 is 33.5. The van der Waals surface area contributed by atoms with Crippen LogP contribution >= 0.6 is 0 Å². The predicted molar refractivity (Wildman–Crippen MR) is 77.5 cm³/mol. The van der Waals surface area contributed by atoms with E-state index in [1.807, 2.05) is 18.3 Å². The van der Waals surface area contributed by atoms with Gasteiger partial charge in [0.05, 0.1) is 13.7 Å². The SMILES string of the molecule is COc1cc(Cn2cccn2)cnc1-c1ccc(F)c(F)c1. The molecule has 0 fully saturated rings. The number of ether oxygens (including phenoxy) is 1. The van der Waals surface area contributed by atoms with Crippen LogP contribution in [0.3, 0.4) is 0 Å². The molecule has 0 spiro atoms. The van der Waals surface area contributed by atoms with Crippen molar-refractivity contribution in [3.63, 3.8) is 0 Å². The summed E-state index contributed by atoms with van der Waals surface area (Å²) in [5.74, 6) is -1.31. The largest absolute Gasteiger partial charge is 0.494 e. The van der Waals surface area contributed by atoms with Crippen LogP contribution in [-0.4, -0.2) is 21.9 Å². The zero-order valence-electron chi connectivity index (χ0n) is 11.8. The Bertz CT molecular complexity index is 788. The Labute approximate surface area is 126 Å². The van der Waals surface area contributed by atoms with Gasteiger partial charge in [0.25, 0.3) is 0 Å². The van der Waals surface area contributed by atoms with Crippen molar-refractivity contribution < 1.29 is 13.5 Å². The van der Waals surface area contributed by atoms with Crippen molar-refractivity contribution in [1.29, 1.82) is 0 Å². The van der Waals surface area contributed by atoms with Gasteiger partial charge in [-0.3, -0.25) is 9.67 Å². The van der Waals surface area contributed by atoms with Gasteiger partial charge in [-0.05, 0) is 35.9 Å². The first-order valence-electron chi connectivity index (χ1n) is 6.63. The van der Waals surface area contributed by atoms with E-state index in [0.29, 0.717) is 23.6 Å². The molecule has 22 heavy (non-hydrogen) atoms. The molecular formula is C16H13F2N3O. The Morgan fingerprint density at radius 1 is 1.18 bits per heavy atom. The van der Waals surface area contributed by atoms with Gasteiger partial charge in [0.15, 0.2) is 11.6 Å². The van der Waals surface area contributed by atoms with Gasteiger partial charge in [0.1, 0.15) is 11.4 Å². The lowest BCUT2D eigenvalue weighted by molar-refractivity contribution is 0.414. The number of nitrogens with zero attached hydrogens (tertiary/aromatic N) is 3. The standard InChI is InChI=1S/C16H13F2N3O/c1-22-15-7-11(10-21-6-2-5-20-21)9-19-16(15)12-3-4-13(17)14(18)8-12/h2-9H,10H2,1H3. The average Bonchev–Trinajstić information content (AvgIpc) is 3.03. The molecule has 0 unspecified atom stereocenters. The van der Waals surface area contributed by atoms with Crippen LogP contribution in [0.25, 0.3) is 11.3 Å². The number of hydrogen-bond donors (Lipinski definition) is 0. The van der Waals surface area contributed by atoms with Crippen molar-refractivity contribution in [3.8, 4) is 17.0 Å². The summed E-state index contributed by atoms with van der Waals surface area (Å²) >= 11 is 0. The van der Waals surface area contributed by atoms with Crippen molar-refractivity contribution in [2.24, 2.45) is 0 Å². The molecule has 0 N–H and O–H groups in total. The number of methoxy groups -OCH3 is 1. The highest BCUT2D eigenvalue weighted by molar-refractivity contribution is 5.66. The van der Waals surface area contributed by atoms with Crippen molar-refractivity contribution in [2.75, 3.05) is 7.11 Å². The van der Waals surface area contributed by atoms with Crippen LogP contribution in [-0.2, 0) is 6.54 Å². The van der Waals surface area contributed by atoms with E-state index < -0.39 is 11.6 Å². The van der Waals surface area contributed by atoms with Crippen LogP contribution in [0.4, 0.5) is 8.78 Å². The second kappa shape index (κ2) is 5.93. The van der Waals surface area contributed by atoms with E-state index in [4.69, 9.17) is 4.74 Å². The minimum Gasteiger partial charge on any atom is -0.494 e. The summed E-state index contributed by atoms with van der Waals surface area (Å²) in [5.41, 5.74) is 1.82. The Hall–Kier alpha value is -2.76. The summed E-state index contributed by atoms with van der Waals surface area (Å²) in [7, 11) is 1.51. The summed E-state index contributed by atoms with van der Waals surface area (Å²) in [6.07, 6.45) is 5.21. The summed E-state index contributed by atoms with van der Waals surface area (Å²) in [6, 6.07) is 7.29. The van der Waals surface area contributed by atoms with Crippen LogP contribution < -0.4 is 4.74 Å². The van der Waals surface area contributed by atoms with Gasteiger partial charge in [-0.15, -0.1) is 0 Å². The van der Waals surface area contributed by atoms with Gasteiger partial charge >= 0.3 is 0 Å². The highest BCUT2D eigenvalue weighted by Gasteiger charge is 2.12. The summed E-state index contributed by atoms with van der Waals surface area (Å²) in [5, 5.41) is 4.13. The highest BCUT2D eigenvalue weighted by atomic mass is 19.2. The molecule has 3 rings (SSSR count). The number of aromatic nitrogens is 3. The Morgan fingerprint density at radius 3 is 2.73 bits per heavy atom. The van der Waals surface area contributed by atoms with Crippen LogP contribution in [0.2, 0.25) is 0 Å². The lowest BCUT2D eigenvalue weighted by Crippen LogP contribution is -2.02. The topological polar surface area (TPSA) is 39.9 Å². The van der Waals surface area contributed by atoms with E-state index in [1.165, 1.54) is 13.2 Å². The van der Waals surface area contributed by atoms with Crippen molar-refractivity contribution >= 4 is 0 Å². The van der Waals surface area contributed by atoms with E-state index in [0.717, 1.165) is 17.7 Å². The summed E-state index contributed by atoms with van der Waals surface area (Å²) in [4.78, 5) is 4.32. The molecule has 0 aliphatic rings. The first-order valence-corrected chi connectivity index (χ1v) is 6.63. The van der Waals surface area contributed by atoms with E-state index in [-0.39, 0.29) is 0 Å². The van der Waals surface area contributed by atoms with Crippen molar-refractivity contribution in [3.05, 3.63) is 66.1 Å². The number of halogens is 2. The third-order valence-electron chi connectivity index (χ3n) is 3.23.